The maximum absolute atomic E-state index is 10.3. The van der Waals surface area contributed by atoms with Crippen LogP contribution in [0.1, 0.15) is 6.92 Å². The third kappa shape index (κ3) is 5.12. The summed E-state index contributed by atoms with van der Waals surface area (Å²) in [4.78, 5) is 0. The second-order valence-electron chi connectivity index (χ2n) is 6.69. The first kappa shape index (κ1) is 22.8. The number of rotatable bonds is 7. The molecule has 12 heteroatoms. The summed E-state index contributed by atoms with van der Waals surface area (Å²) < 4.78 is 21.1. The molecule has 2 aliphatic rings. The van der Waals surface area contributed by atoms with Crippen LogP contribution in [0.15, 0.2) is 0 Å². The monoisotopic (exact) mass is 400 g/mol. The van der Waals surface area contributed by atoms with E-state index in [2.05, 4.69) is 0 Å². The molecule has 2 heterocycles. The topological polar surface area (TPSA) is 199 Å². The van der Waals surface area contributed by atoms with E-state index in [1.165, 1.54) is 6.92 Å². The zero-order chi connectivity index (χ0) is 20.3. The molecule has 0 bridgehead atoms. The van der Waals surface area contributed by atoms with E-state index in [1.54, 1.807) is 0 Å². The van der Waals surface area contributed by atoms with Gasteiger partial charge in [-0.05, 0) is 6.92 Å². The average Bonchev–Trinajstić information content (AvgIpc) is 2.64. The second-order valence-corrected chi connectivity index (χ2v) is 6.69. The molecule has 0 amide bonds. The first-order valence-electron chi connectivity index (χ1n) is 8.59. The summed E-state index contributed by atoms with van der Waals surface area (Å²) in [6, 6.07) is 0. The molecule has 0 radical (unpaired) electrons. The van der Waals surface area contributed by atoms with E-state index in [0.717, 1.165) is 0 Å². The lowest BCUT2D eigenvalue weighted by Crippen LogP contribution is -2.64. The maximum atomic E-state index is 10.3. The molecule has 2 rings (SSSR count). The van der Waals surface area contributed by atoms with Gasteiger partial charge in [-0.15, -0.1) is 0 Å². The van der Waals surface area contributed by atoms with Gasteiger partial charge in [0.15, 0.2) is 12.6 Å². The van der Waals surface area contributed by atoms with E-state index >= 15 is 0 Å². The molecule has 0 aliphatic carbocycles. The minimum atomic E-state index is -1.73. The van der Waals surface area contributed by atoms with Crippen molar-refractivity contribution in [2.24, 2.45) is 0 Å². The van der Waals surface area contributed by atoms with Crippen molar-refractivity contribution >= 4 is 0 Å². The highest BCUT2D eigenvalue weighted by atomic mass is 16.7. The van der Waals surface area contributed by atoms with Gasteiger partial charge in [0.05, 0.1) is 25.9 Å². The first-order chi connectivity index (χ1) is 12.7. The SMILES string of the molecule is CC(O)CO[C@H]1O[C@H](CO)[C@H](O[C@@H]2O[C@H](CO)[C@H](O)[C@H](O)[C@H]2O)[C@@H](O)[C@H]1O. The Morgan fingerprint density at radius 3 is 1.89 bits per heavy atom. The molecule has 27 heavy (non-hydrogen) atoms. The van der Waals surface area contributed by atoms with Gasteiger partial charge in [0.25, 0.3) is 0 Å². The smallest absolute Gasteiger partial charge is 0.187 e. The largest absolute Gasteiger partial charge is 0.394 e. The van der Waals surface area contributed by atoms with Gasteiger partial charge in [-0.25, -0.2) is 0 Å². The van der Waals surface area contributed by atoms with Gasteiger partial charge in [0.2, 0.25) is 0 Å². The zero-order valence-corrected chi connectivity index (χ0v) is 14.7. The molecule has 12 nitrogen and oxygen atoms in total. The molecule has 11 atom stereocenters. The molecule has 0 spiro atoms. The van der Waals surface area contributed by atoms with Gasteiger partial charge in [0, 0.05) is 0 Å². The molecule has 0 aromatic rings. The summed E-state index contributed by atoms with van der Waals surface area (Å²) in [5, 5.41) is 78.0. The molecule has 0 saturated carbocycles. The lowest BCUT2D eigenvalue weighted by atomic mass is 9.97. The van der Waals surface area contributed by atoms with Crippen LogP contribution in [-0.2, 0) is 18.9 Å². The van der Waals surface area contributed by atoms with Gasteiger partial charge < -0.3 is 59.8 Å². The fourth-order valence-corrected chi connectivity index (χ4v) is 2.93. The summed E-state index contributed by atoms with van der Waals surface area (Å²) in [7, 11) is 0. The van der Waals surface area contributed by atoms with Crippen molar-refractivity contribution in [1.29, 1.82) is 0 Å². The summed E-state index contributed by atoms with van der Waals surface area (Å²) in [5.74, 6) is 0. The molecule has 2 saturated heterocycles. The predicted molar refractivity (Wildman–Crippen MR) is 84.0 cm³/mol. The minimum absolute atomic E-state index is 0.190. The van der Waals surface area contributed by atoms with Crippen molar-refractivity contribution in [3.63, 3.8) is 0 Å². The molecule has 160 valence electrons. The minimum Gasteiger partial charge on any atom is -0.394 e. The van der Waals surface area contributed by atoms with Crippen LogP contribution in [0.25, 0.3) is 0 Å². The highest BCUT2D eigenvalue weighted by Crippen LogP contribution is 2.29. The first-order valence-corrected chi connectivity index (χ1v) is 8.59. The van der Waals surface area contributed by atoms with E-state index in [-0.39, 0.29) is 6.61 Å². The molecule has 1 unspecified atom stereocenters. The van der Waals surface area contributed by atoms with Crippen LogP contribution >= 0.6 is 0 Å². The lowest BCUT2D eigenvalue weighted by Gasteiger charge is -2.46. The van der Waals surface area contributed by atoms with Crippen LogP contribution in [-0.4, -0.2) is 128 Å². The molecular weight excluding hydrogens is 372 g/mol. The number of hydrogen-bond donors (Lipinski definition) is 8. The van der Waals surface area contributed by atoms with Gasteiger partial charge >= 0.3 is 0 Å². The third-order valence-corrected chi connectivity index (χ3v) is 4.46. The van der Waals surface area contributed by atoms with Crippen molar-refractivity contribution in [1.82, 2.24) is 0 Å². The van der Waals surface area contributed by atoms with Gasteiger partial charge in [-0.2, -0.15) is 0 Å². The summed E-state index contributed by atoms with van der Waals surface area (Å²) in [5.41, 5.74) is 0. The predicted octanol–water partition coefficient (Wildman–Crippen LogP) is -4.99. The molecular formula is C15H28O12. The number of aliphatic hydroxyl groups is 8. The summed E-state index contributed by atoms with van der Waals surface area (Å²) in [6.45, 7) is -0.0682. The fraction of sp³-hybridized carbons (Fsp3) is 1.00. The highest BCUT2D eigenvalue weighted by molar-refractivity contribution is 4.94. The van der Waals surface area contributed by atoms with Crippen LogP contribution in [0.3, 0.4) is 0 Å². The van der Waals surface area contributed by atoms with E-state index in [1.807, 2.05) is 0 Å². The highest BCUT2D eigenvalue weighted by Gasteiger charge is 2.50. The van der Waals surface area contributed by atoms with Crippen molar-refractivity contribution in [3.8, 4) is 0 Å². The number of ether oxygens (including phenoxy) is 4. The quantitative estimate of drug-likeness (QED) is 0.203. The Morgan fingerprint density at radius 1 is 0.778 bits per heavy atom. The molecule has 2 fully saturated rings. The van der Waals surface area contributed by atoms with Gasteiger partial charge in [-0.3, -0.25) is 0 Å². The number of aliphatic hydroxyl groups excluding tert-OH is 8. The molecule has 8 N–H and O–H groups in total. The standard InChI is InChI=1S/C15H28O12/c1-5(18)4-24-14-12(23)10(21)13(7(3-17)26-14)27-15-11(22)9(20)8(19)6(2-16)25-15/h5-23H,2-4H2,1H3/t5?,6-,7-,8+,9+,10+,11-,12-,13+,14+,15+/m1/s1. The van der Waals surface area contributed by atoms with Crippen LogP contribution in [0.5, 0.6) is 0 Å². The van der Waals surface area contributed by atoms with Crippen molar-refractivity contribution in [2.75, 3.05) is 19.8 Å². The second kappa shape index (κ2) is 9.82. The van der Waals surface area contributed by atoms with Crippen LogP contribution in [0, 0.1) is 0 Å². The summed E-state index contributed by atoms with van der Waals surface area (Å²) >= 11 is 0. The zero-order valence-electron chi connectivity index (χ0n) is 14.7. The fourth-order valence-electron chi connectivity index (χ4n) is 2.93. The molecule has 0 aromatic heterocycles. The van der Waals surface area contributed by atoms with Crippen molar-refractivity contribution < 1.29 is 59.8 Å². The Hall–Kier alpha value is -0.480. The van der Waals surface area contributed by atoms with E-state index in [9.17, 15) is 40.9 Å². The van der Waals surface area contributed by atoms with Gasteiger partial charge in [0.1, 0.15) is 48.8 Å². The Balaban J connectivity index is 2.08. The van der Waals surface area contributed by atoms with E-state index in [0.29, 0.717) is 0 Å². The van der Waals surface area contributed by atoms with E-state index in [4.69, 9.17) is 18.9 Å². The normalized spacial score (nSPS) is 47.0. The molecule has 2 aliphatic heterocycles. The summed E-state index contributed by atoms with van der Waals surface area (Å²) in [6.07, 6.45) is -15.9. The van der Waals surface area contributed by atoms with Crippen molar-refractivity contribution in [3.05, 3.63) is 0 Å². The lowest BCUT2D eigenvalue weighted by molar-refractivity contribution is -0.360. The Labute approximate surface area is 155 Å². The van der Waals surface area contributed by atoms with Crippen LogP contribution in [0.4, 0.5) is 0 Å². The van der Waals surface area contributed by atoms with E-state index < -0.39 is 80.7 Å². The van der Waals surface area contributed by atoms with Crippen LogP contribution in [0.2, 0.25) is 0 Å². The maximum Gasteiger partial charge on any atom is 0.187 e. The Kier molecular flexibility index (Phi) is 8.30. The molecule has 0 aromatic carbocycles. The van der Waals surface area contributed by atoms with Crippen molar-refractivity contribution in [2.45, 2.75) is 74.4 Å². The Morgan fingerprint density at radius 2 is 1.33 bits per heavy atom. The van der Waals surface area contributed by atoms with Crippen LogP contribution < -0.4 is 0 Å². The third-order valence-electron chi connectivity index (χ3n) is 4.46. The Bertz CT molecular complexity index is 447. The average molecular weight is 400 g/mol. The number of hydrogen-bond acceptors (Lipinski definition) is 12. The van der Waals surface area contributed by atoms with Gasteiger partial charge in [-0.1, -0.05) is 0 Å².